The van der Waals surface area contributed by atoms with Crippen molar-refractivity contribution in [3.63, 3.8) is 0 Å². The van der Waals surface area contributed by atoms with Crippen molar-refractivity contribution in [3.8, 4) is 0 Å². The van der Waals surface area contributed by atoms with E-state index in [0.717, 1.165) is 6.20 Å². The van der Waals surface area contributed by atoms with E-state index in [0.29, 0.717) is 4.57 Å². The average molecular weight is 199 g/mol. The molecule has 1 rings (SSSR count). The summed E-state index contributed by atoms with van der Waals surface area (Å²) < 4.78 is 0.613. The van der Waals surface area contributed by atoms with Gasteiger partial charge in [-0.1, -0.05) is 0 Å². The van der Waals surface area contributed by atoms with Crippen LogP contribution in [0.3, 0.4) is 0 Å². The summed E-state index contributed by atoms with van der Waals surface area (Å²) in [5, 5.41) is 17.4. The first-order valence-corrected chi connectivity index (χ1v) is 3.66. The summed E-state index contributed by atoms with van der Waals surface area (Å²) >= 11 is 0. The molecule has 0 saturated heterocycles. The lowest BCUT2D eigenvalue weighted by atomic mass is 10.5. The summed E-state index contributed by atoms with van der Waals surface area (Å²) in [6.07, 6.45) is -0.366. The third-order valence-corrected chi connectivity index (χ3v) is 1.55. The average Bonchev–Trinajstić information content (AvgIpc) is 2.46. The van der Waals surface area contributed by atoms with Crippen LogP contribution in [0.4, 0.5) is 10.7 Å². The van der Waals surface area contributed by atoms with E-state index in [1.807, 2.05) is 0 Å². The Morgan fingerprint density at radius 3 is 2.36 bits per heavy atom. The van der Waals surface area contributed by atoms with Gasteiger partial charge in [-0.3, -0.25) is 0 Å². The molecule has 1 aromatic rings. The number of carboxylic acids is 1. The molecular formula is C7H9N3O4. The van der Waals surface area contributed by atoms with Crippen LogP contribution in [0.5, 0.6) is 0 Å². The number of rotatable bonds is 2. The molecule has 0 saturated carbocycles. The van der Waals surface area contributed by atoms with Crippen LogP contribution in [-0.4, -0.2) is 45.9 Å². The molecule has 2 N–H and O–H groups in total. The zero-order valence-corrected chi connectivity index (χ0v) is 7.63. The zero-order chi connectivity index (χ0) is 10.9. The fraction of sp³-hybridized carbons (Fsp3) is 0.286. The largest absolute Gasteiger partial charge is 0.477 e. The van der Waals surface area contributed by atoms with Crippen molar-refractivity contribution < 1.29 is 19.8 Å². The molecule has 7 nitrogen and oxygen atoms in total. The van der Waals surface area contributed by atoms with Crippen molar-refractivity contribution in [2.45, 2.75) is 0 Å². The van der Waals surface area contributed by atoms with Gasteiger partial charge >= 0.3 is 12.1 Å². The molecule has 0 fully saturated rings. The lowest BCUT2D eigenvalue weighted by molar-refractivity contribution is 0.0684. The maximum atomic E-state index is 10.7. The number of hydrogen-bond acceptors (Lipinski definition) is 4. The smallest absolute Gasteiger partial charge is 0.419 e. The molecule has 0 unspecified atom stereocenters. The predicted octanol–water partition coefficient (Wildman–Crippen LogP) is 0.173. The summed E-state index contributed by atoms with van der Waals surface area (Å²) in [6.45, 7) is 0. The molecule has 0 amide bonds. The van der Waals surface area contributed by atoms with Crippen molar-refractivity contribution in [2.24, 2.45) is 0 Å². The van der Waals surface area contributed by atoms with E-state index in [9.17, 15) is 9.59 Å². The van der Waals surface area contributed by atoms with Crippen LogP contribution in [0.2, 0.25) is 0 Å². The highest BCUT2D eigenvalue weighted by molar-refractivity contribution is 5.91. The standard InChI is InChI=1S/C7H9N3O4/c1-9(2)6-8-3-4(5(11)12)10(6)7(13)14/h3H,1-2H3,(H,11,12)(H,13,14). The molecule has 0 aromatic carbocycles. The van der Waals surface area contributed by atoms with E-state index in [1.165, 1.54) is 4.90 Å². The predicted molar refractivity (Wildman–Crippen MR) is 46.9 cm³/mol. The Morgan fingerprint density at radius 1 is 1.43 bits per heavy atom. The number of aromatic carboxylic acids is 1. The van der Waals surface area contributed by atoms with Crippen molar-refractivity contribution >= 4 is 18.0 Å². The summed E-state index contributed by atoms with van der Waals surface area (Å²) in [5.41, 5.74) is -0.374. The minimum Gasteiger partial charge on any atom is -0.477 e. The number of carbonyl (C=O) groups is 2. The van der Waals surface area contributed by atoms with Gasteiger partial charge < -0.3 is 15.1 Å². The van der Waals surface area contributed by atoms with E-state index in [-0.39, 0.29) is 11.6 Å². The monoisotopic (exact) mass is 199 g/mol. The fourth-order valence-electron chi connectivity index (χ4n) is 0.997. The highest BCUT2D eigenvalue weighted by Gasteiger charge is 2.21. The van der Waals surface area contributed by atoms with Gasteiger partial charge in [-0.15, -0.1) is 0 Å². The molecule has 0 radical (unpaired) electrons. The molecular weight excluding hydrogens is 190 g/mol. The van der Waals surface area contributed by atoms with Gasteiger partial charge in [0.2, 0.25) is 5.95 Å². The lowest BCUT2D eigenvalue weighted by Gasteiger charge is -2.11. The van der Waals surface area contributed by atoms with Crippen LogP contribution in [0.15, 0.2) is 6.20 Å². The molecule has 0 atom stereocenters. The second-order valence-corrected chi connectivity index (χ2v) is 2.76. The lowest BCUT2D eigenvalue weighted by Crippen LogP contribution is -2.22. The molecule has 0 aliphatic rings. The first-order valence-electron chi connectivity index (χ1n) is 3.66. The van der Waals surface area contributed by atoms with Crippen molar-refractivity contribution in [1.82, 2.24) is 9.55 Å². The van der Waals surface area contributed by atoms with Gasteiger partial charge in [-0.2, -0.15) is 0 Å². The molecule has 0 aliphatic carbocycles. The van der Waals surface area contributed by atoms with Gasteiger partial charge in [0.1, 0.15) is 0 Å². The number of aromatic nitrogens is 2. The quantitative estimate of drug-likeness (QED) is 0.705. The van der Waals surface area contributed by atoms with E-state index in [2.05, 4.69) is 4.98 Å². The van der Waals surface area contributed by atoms with Crippen molar-refractivity contribution in [2.75, 3.05) is 19.0 Å². The van der Waals surface area contributed by atoms with Gasteiger partial charge in [0, 0.05) is 14.1 Å². The third kappa shape index (κ3) is 1.51. The Labute approximate surface area is 79.2 Å². The van der Waals surface area contributed by atoms with Gasteiger partial charge in [-0.05, 0) is 0 Å². The molecule has 76 valence electrons. The molecule has 14 heavy (non-hydrogen) atoms. The zero-order valence-electron chi connectivity index (χ0n) is 7.63. The van der Waals surface area contributed by atoms with Crippen molar-refractivity contribution in [1.29, 1.82) is 0 Å². The summed E-state index contributed by atoms with van der Waals surface area (Å²) in [7, 11) is 3.15. The molecule has 0 spiro atoms. The Bertz CT molecular complexity index is 382. The first kappa shape index (κ1) is 10.0. The van der Waals surface area contributed by atoms with E-state index in [1.54, 1.807) is 14.1 Å². The summed E-state index contributed by atoms with van der Waals surface area (Å²) in [6, 6.07) is 0. The van der Waals surface area contributed by atoms with Gasteiger partial charge in [0.25, 0.3) is 0 Å². The molecule has 1 heterocycles. The maximum absolute atomic E-state index is 10.7. The van der Waals surface area contributed by atoms with Crippen LogP contribution in [0.1, 0.15) is 10.5 Å². The molecule has 0 bridgehead atoms. The van der Waals surface area contributed by atoms with Gasteiger partial charge in [0.15, 0.2) is 5.69 Å². The van der Waals surface area contributed by atoms with Crippen molar-refractivity contribution in [3.05, 3.63) is 11.9 Å². The highest BCUT2D eigenvalue weighted by atomic mass is 16.4. The number of carboxylic acid groups (broad SMARTS) is 2. The number of hydrogen-bond donors (Lipinski definition) is 2. The summed E-state index contributed by atoms with van der Waals surface area (Å²) in [5.74, 6) is -1.26. The van der Waals surface area contributed by atoms with Gasteiger partial charge in [-0.25, -0.2) is 19.1 Å². The summed E-state index contributed by atoms with van der Waals surface area (Å²) in [4.78, 5) is 26.5. The van der Waals surface area contributed by atoms with Crippen LogP contribution in [0, 0.1) is 0 Å². The van der Waals surface area contributed by atoms with E-state index >= 15 is 0 Å². The third-order valence-electron chi connectivity index (χ3n) is 1.55. The Morgan fingerprint density at radius 2 is 2.00 bits per heavy atom. The first-order chi connectivity index (χ1) is 6.45. The molecule has 7 heteroatoms. The SMILES string of the molecule is CN(C)c1ncc(C(=O)O)n1C(=O)O. The molecule has 0 aliphatic heterocycles. The Hall–Kier alpha value is -2.05. The minimum atomic E-state index is -1.37. The Balaban J connectivity index is 3.35. The minimum absolute atomic E-state index is 0.0647. The number of anilines is 1. The van der Waals surface area contributed by atoms with Crippen LogP contribution in [0.25, 0.3) is 0 Å². The highest BCUT2D eigenvalue weighted by Crippen LogP contribution is 2.12. The fourth-order valence-corrected chi connectivity index (χ4v) is 0.997. The normalized spacial score (nSPS) is 9.86. The van der Waals surface area contributed by atoms with E-state index < -0.39 is 12.1 Å². The van der Waals surface area contributed by atoms with Crippen LogP contribution >= 0.6 is 0 Å². The number of nitrogens with zero attached hydrogens (tertiary/aromatic N) is 3. The number of imidazole rings is 1. The second-order valence-electron chi connectivity index (χ2n) is 2.76. The van der Waals surface area contributed by atoms with Crippen LogP contribution < -0.4 is 4.90 Å². The Kier molecular flexibility index (Phi) is 2.41. The van der Waals surface area contributed by atoms with Crippen LogP contribution in [-0.2, 0) is 0 Å². The van der Waals surface area contributed by atoms with Gasteiger partial charge in [0.05, 0.1) is 6.20 Å². The molecule has 1 aromatic heterocycles. The second kappa shape index (κ2) is 3.36. The topological polar surface area (TPSA) is 95.7 Å². The van der Waals surface area contributed by atoms with E-state index in [4.69, 9.17) is 10.2 Å². The maximum Gasteiger partial charge on any atom is 0.419 e.